The smallest absolute Gasteiger partial charge is 0.350 e. The van der Waals surface area contributed by atoms with Crippen molar-refractivity contribution in [3.05, 3.63) is 29.8 Å². The molecule has 1 rings (SSSR count). The first kappa shape index (κ1) is 13.4. The van der Waals surface area contributed by atoms with Crippen LogP contribution in [0.2, 0.25) is 0 Å². The molecule has 0 saturated heterocycles. The van der Waals surface area contributed by atoms with Crippen LogP contribution in [0.3, 0.4) is 0 Å². The van der Waals surface area contributed by atoms with Gasteiger partial charge in [0, 0.05) is 13.2 Å². The number of rotatable bonds is 5. The van der Waals surface area contributed by atoms with E-state index < -0.39 is 23.2 Å². The molecule has 94 valence electrons. The van der Waals surface area contributed by atoms with Crippen LogP contribution in [0.5, 0.6) is 5.75 Å². The summed E-state index contributed by atoms with van der Waals surface area (Å²) in [4.78, 5) is 11.0. The normalized spacial score (nSPS) is 14.1. The number of aliphatic carboxylic acids is 1. The molecular weight excluding hydrogens is 234 g/mol. The van der Waals surface area contributed by atoms with E-state index in [1.165, 1.54) is 14.0 Å². The van der Waals surface area contributed by atoms with Gasteiger partial charge in [-0.15, -0.1) is 0 Å². The Balaban J connectivity index is 2.98. The fourth-order valence-electron chi connectivity index (χ4n) is 1.21. The third kappa shape index (κ3) is 3.13. The molecule has 0 aromatic heterocycles. The second-order valence-corrected chi connectivity index (χ2v) is 3.65. The van der Waals surface area contributed by atoms with Crippen molar-refractivity contribution < 1.29 is 28.2 Å². The molecule has 1 aromatic carbocycles. The first-order valence-corrected chi connectivity index (χ1v) is 4.75. The van der Waals surface area contributed by atoms with E-state index in [1.807, 2.05) is 0 Å². The first-order chi connectivity index (χ1) is 7.89. The fourth-order valence-corrected chi connectivity index (χ4v) is 1.21. The number of carboxylic acids is 1. The van der Waals surface area contributed by atoms with E-state index in [4.69, 9.17) is 14.6 Å². The zero-order valence-corrected chi connectivity index (χ0v) is 9.37. The van der Waals surface area contributed by atoms with Gasteiger partial charge < -0.3 is 14.6 Å². The lowest BCUT2D eigenvalue weighted by Gasteiger charge is -2.25. The third-order valence-electron chi connectivity index (χ3n) is 2.10. The maximum absolute atomic E-state index is 13.3. The lowest BCUT2D eigenvalue weighted by molar-refractivity contribution is -0.158. The highest BCUT2D eigenvalue weighted by Crippen LogP contribution is 2.23. The van der Waals surface area contributed by atoms with E-state index in [9.17, 15) is 13.6 Å². The summed E-state index contributed by atoms with van der Waals surface area (Å²) in [5.41, 5.74) is -1.73. The van der Waals surface area contributed by atoms with E-state index in [0.29, 0.717) is 6.07 Å². The van der Waals surface area contributed by atoms with Gasteiger partial charge in [-0.1, -0.05) is 0 Å². The topological polar surface area (TPSA) is 55.8 Å². The number of ether oxygens (including phenoxy) is 2. The number of carboxylic acid groups (broad SMARTS) is 1. The summed E-state index contributed by atoms with van der Waals surface area (Å²) in [6, 6.07) is 2.62. The second kappa shape index (κ2) is 5.09. The molecule has 6 heteroatoms. The maximum Gasteiger partial charge on any atom is 0.350 e. The van der Waals surface area contributed by atoms with Gasteiger partial charge in [0.2, 0.25) is 5.60 Å². The Kier molecular flexibility index (Phi) is 4.01. The molecule has 0 aliphatic rings. The van der Waals surface area contributed by atoms with E-state index in [2.05, 4.69) is 0 Å². The van der Waals surface area contributed by atoms with Crippen LogP contribution in [0, 0.1) is 11.6 Å². The molecule has 0 amide bonds. The Morgan fingerprint density at radius 1 is 1.47 bits per heavy atom. The zero-order valence-electron chi connectivity index (χ0n) is 9.37. The fraction of sp³-hybridized carbons (Fsp3) is 0.364. The summed E-state index contributed by atoms with van der Waals surface area (Å²) in [6.07, 6.45) is 0. The van der Waals surface area contributed by atoms with Crippen molar-refractivity contribution in [2.45, 2.75) is 12.5 Å². The van der Waals surface area contributed by atoms with Crippen molar-refractivity contribution in [1.82, 2.24) is 0 Å². The average molecular weight is 246 g/mol. The maximum atomic E-state index is 13.3. The molecule has 0 radical (unpaired) electrons. The Morgan fingerprint density at radius 2 is 2.12 bits per heavy atom. The summed E-state index contributed by atoms with van der Waals surface area (Å²) in [5.74, 6) is -3.37. The van der Waals surface area contributed by atoms with Crippen LogP contribution in [0.25, 0.3) is 0 Å². The summed E-state index contributed by atoms with van der Waals surface area (Å²) in [5, 5.41) is 8.97. The van der Waals surface area contributed by atoms with Gasteiger partial charge in [0.1, 0.15) is 5.82 Å². The summed E-state index contributed by atoms with van der Waals surface area (Å²) in [6.45, 7) is 0.973. The number of benzene rings is 1. The predicted octanol–water partition coefficient (Wildman–Crippen LogP) is 1.83. The number of hydrogen-bond acceptors (Lipinski definition) is 3. The Bertz CT molecular complexity index is 422. The van der Waals surface area contributed by atoms with E-state index >= 15 is 0 Å². The number of methoxy groups -OCH3 is 1. The van der Waals surface area contributed by atoms with Crippen molar-refractivity contribution in [3.63, 3.8) is 0 Å². The summed E-state index contributed by atoms with van der Waals surface area (Å²) < 4.78 is 35.7. The molecule has 0 bridgehead atoms. The minimum atomic E-state index is -1.73. The molecule has 1 N–H and O–H groups in total. The Morgan fingerprint density at radius 3 is 2.59 bits per heavy atom. The predicted molar refractivity (Wildman–Crippen MR) is 54.9 cm³/mol. The van der Waals surface area contributed by atoms with Crippen molar-refractivity contribution >= 4 is 5.97 Å². The van der Waals surface area contributed by atoms with Gasteiger partial charge in [-0.3, -0.25) is 0 Å². The van der Waals surface area contributed by atoms with Gasteiger partial charge in [-0.2, -0.15) is 0 Å². The van der Waals surface area contributed by atoms with Gasteiger partial charge in [0.25, 0.3) is 0 Å². The molecule has 0 saturated carbocycles. The summed E-state index contributed by atoms with van der Waals surface area (Å²) in [7, 11) is 1.30. The van der Waals surface area contributed by atoms with Crippen LogP contribution in [0.1, 0.15) is 6.92 Å². The van der Waals surface area contributed by atoms with Gasteiger partial charge in [0.05, 0.1) is 6.61 Å². The molecule has 0 spiro atoms. The first-order valence-electron chi connectivity index (χ1n) is 4.75. The van der Waals surface area contributed by atoms with Gasteiger partial charge >= 0.3 is 5.97 Å². The van der Waals surface area contributed by atoms with Crippen molar-refractivity contribution in [1.29, 1.82) is 0 Å². The largest absolute Gasteiger partial charge is 0.478 e. The van der Waals surface area contributed by atoms with Crippen molar-refractivity contribution in [2.24, 2.45) is 0 Å². The minimum Gasteiger partial charge on any atom is -0.478 e. The van der Waals surface area contributed by atoms with Crippen molar-refractivity contribution in [3.8, 4) is 5.75 Å². The minimum absolute atomic E-state index is 0.265. The molecule has 0 aliphatic heterocycles. The van der Waals surface area contributed by atoms with E-state index in [0.717, 1.165) is 12.1 Å². The number of halogens is 2. The van der Waals surface area contributed by atoms with Crippen LogP contribution in [0.15, 0.2) is 18.2 Å². The molecule has 1 atom stereocenters. The van der Waals surface area contributed by atoms with Gasteiger partial charge in [-0.05, 0) is 19.1 Å². The molecule has 17 heavy (non-hydrogen) atoms. The third-order valence-corrected chi connectivity index (χ3v) is 2.10. The monoisotopic (exact) mass is 246 g/mol. The van der Waals surface area contributed by atoms with Crippen LogP contribution < -0.4 is 4.74 Å². The van der Waals surface area contributed by atoms with Crippen LogP contribution in [-0.2, 0) is 9.53 Å². The van der Waals surface area contributed by atoms with E-state index in [1.54, 1.807) is 0 Å². The molecule has 0 fully saturated rings. The zero-order chi connectivity index (χ0) is 13.1. The lowest BCUT2D eigenvalue weighted by atomic mass is 10.1. The standard InChI is InChI=1S/C11H12F2O4/c1-11(6-16-2,10(14)15)17-9-4-3-7(12)5-8(9)13/h3-5H,6H2,1-2H3,(H,14,15). The second-order valence-electron chi connectivity index (χ2n) is 3.65. The average Bonchev–Trinajstić information content (AvgIpc) is 2.22. The van der Waals surface area contributed by atoms with Gasteiger partial charge in [0.15, 0.2) is 11.6 Å². The van der Waals surface area contributed by atoms with Gasteiger partial charge in [-0.25, -0.2) is 13.6 Å². The van der Waals surface area contributed by atoms with Crippen LogP contribution in [0.4, 0.5) is 8.78 Å². The number of hydrogen-bond donors (Lipinski definition) is 1. The molecule has 1 unspecified atom stereocenters. The molecular formula is C11H12F2O4. The molecule has 0 heterocycles. The molecule has 1 aromatic rings. The van der Waals surface area contributed by atoms with Crippen LogP contribution in [-0.4, -0.2) is 30.4 Å². The van der Waals surface area contributed by atoms with Crippen molar-refractivity contribution in [2.75, 3.05) is 13.7 Å². The molecule has 0 aliphatic carbocycles. The highest BCUT2D eigenvalue weighted by atomic mass is 19.1. The Hall–Kier alpha value is -1.69. The number of carbonyl (C=O) groups is 1. The lowest BCUT2D eigenvalue weighted by Crippen LogP contribution is -2.45. The highest BCUT2D eigenvalue weighted by Gasteiger charge is 2.36. The Labute approximate surface area is 96.8 Å². The quantitative estimate of drug-likeness (QED) is 0.861. The van der Waals surface area contributed by atoms with E-state index in [-0.39, 0.29) is 12.4 Å². The summed E-state index contributed by atoms with van der Waals surface area (Å²) >= 11 is 0. The molecule has 4 nitrogen and oxygen atoms in total. The SMILES string of the molecule is COCC(C)(Oc1ccc(F)cc1F)C(=O)O. The highest BCUT2D eigenvalue weighted by molar-refractivity contribution is 5.77. The van der Waals surface area contributed by atoms with Crippen LogP contribution >= 0.6 is 0 Å².